The van der Waals surface area contributed by atoms with Gasteiger partial charge in [-0.15, -0.1) is 0 Å². The van der Waals surface area contributed by atoms with Gasteiger partial charge < -0.3 is 5.32 Å². The van der Waals surface area contributed by atoms with Crippen molar-refractivity contribution in [3.8, 4) is 0 Å². The molecule has 3 unspecified atom stereocenters. The highest BCUT2D eigenvalue weighted by Crippen LogP contribution is 2.33. The molecule has 1 nitrogen and oxygen atoms in total. The molecule has 0 amide bonds. The minimum atomic E-state index is 0.497. The fourth-order valence-corrected chi connectivity index (χ4v) is 2.38. The van der Waals surface area contributed by atoms with Gasteiger partial charge in [-0.2, -0.15) is 0 Å². The van der Waals surface area contributed by atoms with Crippen molar-refractivity contribution in [1.82, 2.24) is 5.32 Å². The van der Waals surface area contributed by atoms with Crippen LogP contribution in [0.5, 0.6) is 0 Å². The monoisotopic (exact) mass is 189 g/mol. The predicted octanol–water partition coefficient (Wildman–Crippen LogP) is 3.15. The fourth-order valence-electron chi connectivity index (χ4n) is 2.38. The summed E-state index contributed by atoms with van der Waals surface area (Å²) in [5, 5.41) is 3.60. The number of hydrogen-bond acceptors (Lipinski definition) is 1. The molecule has 1 heteroatoms. The first-order valence-electron chi connectivity index (χ1n) is 5.46. The van der Waals surface area contributed by atoms with Gasteiger partial charge in [0.2, 0.25) is 0 Å². The molecule has 0 radical (unpaired) electrons. The molecule has 1 aliphatic rings. The number of aryl methyl sites for hydroxylation is 1. The van der Waals surface area contributed by atoms with E-state index in [1.165, 1.54) is 16.7 Å². The van der Waals surface area contributed by atoms with Crippen LogP contribution in [0, 0.1) is 6.92 Å². The molecule has 1 heterocycles. The van der Waals surface area contributed by atoms with Crippen molar-refractivity contribution in [2.24, 2.45) is 0 Å². The van der Waals surface area contributed by atoms with E-state index in [0.29, 0.717) is 18.0 Å². The maximum Gasteiger partial charge on any atom is 0.0297 e. The third-order valence-electron chi connectivity index (χ3n) is 3.46. The summed E-state index contributed by atoms with van der Waals surface area (Å²) in [6.07, 6.45) is 0. The summed E-state index contributed by atoms with van der Waals surface area (Å²) >= 11 is 0. The topological polar surface area (TPSA) is 12.0 Å². The molecule has 0 bridgehead atoms. The molecule has 1 N–H and O–H groups in total. The highest BCUT2D eigenvalue weighted by atomic mass is 15.0. The van der Waals surface area contributed by atoms with Gasteiger partial charge in [-0.05, 0) is 37.8 Å². The van der Waals surface area contributed by atoms with E-state index < -0.39 is 0 Å². The Morgan fingerprint density at radius 1 is 1.07 bits per heavy atom. The molecule has 0 aliphatic carbocycles. The van der Waals surface area contributed by atoms with Crippen LogP contribution in [0.1, 0.15) is 49.4 Å². The van der Waals surface area contributed by atoms with Crippen LogP contribution in [0.25, 0.3) is 0 Å². The van der Waals surface area contributed by atoms with Crippen LogP contribution in [0.4, 0.5) is 0 Å². The Kier molecular flexibility index (Phi) is 2.36. The Morgan fingerprint density at radius 3 is 2.50 bits per heavy atom. The van der Waals surface area contributed by atoms with E-state index in [-0.39, 0.29) is 0 Å². The van der Waals surface area contributed by atoms with Crippen LogP contribution in [-0.2, 0) is 0 Å². The number of benzene rings is 1. The highest BCUT2D eigenvalue weighted by Gasteiger charge is 2.26. The molecular formula is C13H19N. The second-order valence-electron chi connectivity index (χ2n) is 4.60. The molecule has 0 spiro atoms. The van der Waals surface area contributed by atoms with Crippen molar-refractivity contribution in [3.05, 3.63) is 34.9 Å². The second-order valence-corrected chi connectivity index (χ2v) is 4.60. The molecule has 2 rings (SSSR count). The van der Waals surface area contributed by atoms with E-state index >= 15 is 0 Å². The second kappa shape index (κ2) is 3.39. The Bertz CT molecular complexity index is 343. The van der Waals surface area contributed by atoms with Gasteiger partial charge in [0.25, 0.3) is 0 Å². The Labute approximate surface area is 86.5 Å². The normalized spacial score (nSPS) is 31.3. The lowest BCUT2D eigenvalue weighted by molar-refractivity contribution is 0.397. The minimum Gasteiger partial charge on any atom is -0.307 e. The predicted molar refractivity (Wildman–Crippen MR) is 60.6 cm³/mol. The van der Waals surface area contributed by atoms with Gasteiger partial charge in [-0.1, -0.05) is 30.7 Å². The maximum absolute atomic E-state index is 3.60. The third kappa shape index (κ3) is 1.46. The first-order chi connectivity index (χ1) is 6.59. The maximum atomic E-state index is 3.60. The minimum absolute atomic E-state index is 0.497. The Balaban J connectivity index is 2.51. The van der Waals surface area contributed by atoms with Gasteiger partial charge in [0.15, 0.2) is 0 Å². The van der Waals surface area contributed by atoms with Crippen LogP contribution < -0.4 is 5.32 Å². The summed E-state index contributed by atoms with van der Waals surface area (Å²) in [5.74, 6) is 0.626. The standard InChI is InChI=1S/C13H19N/c1-8-5-6-12-11(4)14-10(3)9(2)13(12)7-8/h5-7,9-11,14H,1-4H3. The average molecular weight is 189 g/mol. The van der Waals surface area contributed by atoms with Crippen molar-refractivity contribution >= 4 is 0 Å². The summed E-state index contributed by atoms with van der Waals surface area (Å²) in [4.78, 5) is 0. The van der Waals surface area contributed by atoms with E-state index in [1.54, 1.807) is 0 Å². The van der Waals surface area contributed by atoms with Gasteiger partial charge in [0.1, 0.15) is 0 Å². The third-order valence-corrected chi connectivity index (χ3v) is 3.46. The first-order valence-corrected chi connectivity index (χ1v) is 5.46. The lowest BCUT2D eigenvalue weighted by atomic mass is 9.83. The van der Waals surface area contributed by atoms with Gasteiger partial charge in [-0.3, -0.25) is 0 Å². The van der Waals surface area contributed by atoms with Crippen molar-refractivity contribution in [2.45, 2.75) is 45.7 Å². The average Bonchev–Trinajstić information content (AvgIpc) is 2.14. The molecule has 76 valence electrons. The Hall–Kier alpha value is -0.820. The number of nitrogens with one attached hydrogen (secondary N) is 1. The molecule has 0 aromatic heterocycles. The Morgan fingerprint density at radius 2 is 1.79 bits per heavy atom. The van der Waals surface area contributed by atoms with Crippen molar-refractivity contribution in [2.75, 3.05) is 0 Å². The highest BCUT2D eigenvalue weighted by molar-refractivity contribution is 5.38. The van der Waals surface area contributed by atoms with Crippen LogP contribution in [-0.4, -0.2) is 6.04 Å². The van der Waals surface area contributed by atoms with Crippen LogP contribution >= 0.6 is 0 Å². The number of rotatable bonds is 0. The van der Waals surface area contributed by atoms with Crippen molar-refractivity contribution in [1.29, 1.82) is 0 Å². The van der Waals surface area contributed by atoms with E-state index in [1.807, 2.05) is 0 Å². The van der Waals surface area contributed by atoms with Gasteiger partial charge in [0.05, 0.1) is 0 Å². The summed E-state index contributed by atoms with van der Waals surface area (Å²) < 4.78 is 0. The molecule has 0 saturated carbocycles. The number of hydrogen-bond donors (Lipinski definition) is 1. The van der Waals surface area contributed by atoms with Crippen molar-refractivity contribution in [3.63, 3.8) is 0 Å². The molecule has 1 aromatic carbocycles. The smallest absolute Gasteiger partial charge is 0.0297 e. The summed E-state index contributed by atoms with van der Waals surface area (Å²) in [7, 11) is 0. The van der Waals surface area contributed by atoms with E-state index in [0.717, 1.165) is 0 Å². The van der Waals surface area contributed by atoms with Gasteiger partial charge in [-0.25, -0.2) is 0 Å². The summed E-state index contributed by atoms with van der Waals surface area (Å²) in [5.41, 5.74) is 4.38. The number of fused-ring (bicyclic) bond motifs is 1. The van der Waals surface area contributed by atoms with Crippen LogP contribution in [0.2, 0.25) is 0 Å². The largest absolute Gasteiger partial charge is 0.307 e. The summed E-state index contributed by atoms with van der Waals surface area (Å²) in [6, 6.07) is 7.90. The fraction of sp³-hybridized carbons (Fsp3) is 0.538. The van der Waals surface area contributed by atoms with Gasteiger partial charge in [0, 0.05) is 12.1 Å². The quantitative estimate of drug-likeness (QED) is 0.661. The molecule has 0 saturated heterocycles. The van der Waals surface area contributed by atoms with Gasteiger partial charge >= 0.3 is 0 Å². The molecule has 14 heavy (non-hydrogen) atoms. The molecule has 0 fully saturated rings. The van der Waals surface area contributed by atoms with Crippen molar-refractivity contribution < 1.29 is 0 Å². The molecule has 1 aromatic rings. The van der Waals surface area contributed by atoms with Crippen LogP contribution in [0.3, 0.4) is 0 Å². The zero-order valence-corrected chi connectivity index (χ0v) is 9.46. The summed E-state index contributed by atoms with van der Waals surface area (Å²) in [6.45, 7) is 9.00. The van der Waals surface area contributed by atoms with E-state index in [9.17, 15) is 0 Å². The zero-order chi connectivity index (χ0) is 10.3. The van der Waals surface area contributed by atoms with E-state index in [4.69, 9.17) is 0 Å². The molecule has 1 aliphatic heterocycles. The van der Waals surface area contributed by atoms with E-state index in [2.05, 4.69) is 51.2 Å². The SMILES string of the molecule is Cc1ccc2c(c1)C(C)C(C)NC2C. The molecule has 3 atom stereocenters. The zero-order valence-electron chi connectivity index (χ0n) is 9.46. The first kappa shape index (κ1) is 9.72. The lowest BCUT2D eigenvalue weighted by Crippen LogP contribution is -2.38. The lowest BCUT2D eigenvalue weighted by Gasteiger charge is -2.34. The molecular weight excluding hydrogens is 170 g/mol. The van der Waals surface area contributed by atoms with Crippen LogP contribution in [0.15, 0.2) is 18.2 Å².